The van der Waals surface area contributed by atoms with Crippen molar-refractivity contribution in [2.45, 2.75) is 13.3 Å². The summed E-state index contributed by atoms with van der Waals surface area (Å²) in [5, 5.41) is 14.7. The molecule has 8 nitrogen and oxygen atoms in total. The molecule has 0 spiro atoms. The zero-order valence-electron chi connectivity index (χ0n) is 13.7. The Kier molecular flexibility index (Phi) is 3.99. The fourth-order valence-corrected chi connectivity index (χ4v) is 2.65. The van der Waals surface area contributed by atoms with Gasteiger partial charge in [-0.05, 0) is 25.1 Å². The van der Waals surface area contributed by atoms with Gasteiger partial charge in [-0.15, -0.1) is 0 Å². The highest BCUT2D eigenvalue weighted by atomic mass is 16.5. The smallest absolute Gasteiger partial charge is 0.357 e. The van der Waals surface area contributed by atoms with Crippen LogP contribution in [0.5, 0.6) is 0 Å². The number of carbonyl (C=O) groups excluding carboxylic acids is 2. The summed E-state index contributed by atoms with van der Waals surface area (Å²) in [6, 6.07) is 8.83. The molecule has 1 aliphatic heterocycles. The number of carbonyl (C=O) groups is 2. The molecule has 0 radical (unpaired) electrons. The number of nitrogen functional groups attached to an aromatic ring is 1. The first kappa shape index (κ1) is 16.3. The van der Waals surface area contributed by atoms with E-state index in [9.17, 15) is 14.9 Å². The highest BCUT2D eigenvalue weighted by Crippen LogP contribution is 2.28. The molecule has 8 heteroatoms. The van der Waals surface area contributed by atoms with Crippen LogP contribution in [-0.4, -0.2) is 29.3 Å². The molecule has 2 heterocycles. The number of ether oxygens (including phenoxy) is 1. The van der Waals surface area contributed by atoms with Crippen molar-refractivity contribution >= 4 is 29.0 Å². The number of hydrogen-bond donors (Lipinski definition) is 1. The maximum absolute atomic E-state index is 12.1. The third-order valence-corrected chi connectivity index (χ3v) is 3.81. The number of aromatic nitrogens is 1. The van der Waals surface area contributed by atoms with E-state index in [1.807, 2.05) is 6.07 Å². The largest absolute Gasteiger partial charge is 0.464 e. The summed E-state index contributed by atoms with van der Waals surface area (Å²) in [7, 11) is 1.24. The monoisotopic (exact) mass is 337 g/mol. The van der Waals surface area contributed by atoms with Crippen molar-refractivity contribution in [3.8, 4) is 11.8 Å². The Bertz CT molecular complexity index is 952. The summed E-state index contributed by atoms with van der Waals surface area (Å²) in [5.74, 6) is -0.789. The van der Waals surface area contributed by atoms with Gasteiger partial charge in [0.2, 0.25) is 0 Å². The van der Waals surface area contributed by atoms with E-state index in [2.05, 4.69) is 5.10 Å². The van der Waals surface area contributed by atoms with Gasteiger partial charge in [0.25, 0.3) is 5.91 Å². The third kappa shape index (κ3) is 2.72. The Labute approximate surface area is 143 Å². The van der Waals surface area contributed by atoms with Crippen molar-refractivity contribution in [2.24, 2.45) is 5.10 Å². The van der Waals surface area contributed by atoms with Crippen LogP contribution in [0.25, 0.3) is 5.69 Å². The van der Waals surface area contributed by atoms with Gasteiger partial charge in [0, 0.05) is 17.6 Å². The average Bonchev–Trinajstić information content (AvgIpc) is 3.13. The van der Waals surface area contributed by atoms with Gasteiger partial charge in [-0.2, -0.15) is 10.4 Å². The fraction of sp³-hybridized carbons (Fsp3) is 0.176. The summed E-state index contributed by atoms with van der Waals surface area (Å²) in [4.78, 5) is 24.1. The molecule has 25 heavy (non-hydrogen) atoms. The first-order valence-corrected chi connectivity index (χ1v) is 7.43. The molecule has 0 atom stereocenters. The van der Waals surface area contributed by atoms with E-state index in [4.69, 9.17) is 10.5 Å². The van der Waals surface area contributed by atoms with Crippen LogP contribution in [-0.2, 0) is 9.53 Å². The molecule has 2 N–H and O–H groups in total. The Morgan fingerprint density at radius 2 is 2.12 bits per heavy atom. The van der Waals surface area contributed by atoms with E-state index in [1.54, 1.807) is 31.2 Å². The van der Waals surface area contributed by atoms with Crippen molar-refractivity contribution < 1.29 is 14.3 Å². The number of rotatable bonds is 3. The number of nitriles is 1. The molecular weight excluding hydrogens is 322 g/mol. The van der Waals surface area contributed by atoms with Crippen LogP contribution >= 0.6 is 0 Å². The second-order valence-corrected chi connectivity index (χ2v) is 5.52. The molecule has 1 aliphatic rings. The molecule has 3 rings (SSSR count). The normalized spacial score (nSPS) is 13.6. The number of hydrazone groups is 1. The second-order valence-electron chi connectivity index (χ2n) is 5.52. The van der Waals surface area contributed by atoms with Gasteiger partial charge < -0.3 is 15.0 Å². The minimum Gasteiger partial charge on any atom is -0.464 e. The maximum Gasteiger partial charge on any atom is 0.357 e. The summed E-state index contributed by atoms with van der Waals surface area (Å²) in [6.45, 7) is 1.78. The number of methoxy groups -OCH3 is 1. The van der Waals surface area contributed by atoms with Crippen molar-refractivity contribution in [2.75, 3.05) is 17.9 Å². The molecule has 126 valence electrons. The summed E-state index contributed by atoms with van der Waals surface area (Å²) < 4.78 is 6.24. The van der Waals surface area contributed by atoms with E-state index < -0.39 is 5.97 Å². The molecule has 0 saturated carbocycles. The van der Waals surface area contributed by atoms with Gasteiger partial charge in [-0.3, -0.25) is 4.79 Å². The first-order valence-electron chi connectivity index (χ1n) is 7.43. The average molecular weight is 337 g/mol. The predicted molar refractivity (Wildman–Crippen MR) is 91.4 cm³/mol. The van der Waals surface area contributed by atoms with Crippen molar-refractivity contribution in [3.05, 3.63) is 41.7 Å². The lowest BCUT2D eigenvalue weighted by Gasteiger charge is -2.14. The predicted octanol–water partition coefficient (Wildman–Crippen LogP) is 1.83. The van der Waals surface area contributed by atoms with Crippen LogP contribution in [0.1, 0.15) is 29.4 Å². The van der Waals surface area contributed by atoms with Crippen molar-refractivity contribution in [3.63, 3.8) is 0 Å². The van der Waals surface area contributed by atoms with Crippen molar-refractivity contribution in [1.29, 1.82) is 5.26 Å². The van der Waals surface area contributed by atoms with E-state index in [0.717, 1.165) is 5.71 Å². The number of anilines is 2. The van der Waals surface area contributed by atoms with Gasteiger partial charge in [-0.1, -0.05) is 6.07 Å². The maximum atomic E-state index is 12.1. The van der Waals surface area contributed by atoms with E-state index in [-0.39, 0.29) is 29.3 Å². The van der Waals surface area contributed by atoms with Gasteiger partial charge in [0.05, 0.1) is 30.5 Å². The Morgan fingerprint density at radius 3 is 2.72 bits per heavy atom. The van der Waals surface area contributed by atoms with E-state index in [0.29, 0.717) is 11.4 Å². The van der Waals surface area contributed by atoms with Gasteiger partial charge >= 0.3 is 5.97 Å². The molecule has 1 amide bonds. The lowest BCUT2D eigenvalue weighted by Crippen LogP contribution is -2.19. The molecule has 0 unspecified atom stereocenters. The van der Waals surface area contributed by atoms with Crippen LogP contribution in [0.15, 0.2) is 35.6 Å². The van der Waals surface area contributed by atoms with Gasteiger partial charge in [0.1, 0.15) is 6.07 Å². The minimum absolute atomic E-state index is 0.0471. The van der Waals surface area contributed by atoms with Crippen LogP contribution in [0.2, 0.25) is 0 Å². The lowest BCUT2D eigenvalue weighted by molar-refractivity contribution is -0.116. The molecule has 0 bridgehead atoms. The fourth-order valence-electron chi connectivity index (χ4n) is 2.65. The molecule has 0 fully saturated rings. The first-order chi connectivity index (χ1) is 12.0. The quantitative estimate of drug-likeness (QED) is 0.858. The number of nitrogens with zero attached hydrogens (tertiary/aromatic N) is 4. The zero-order chi connectivity index (χ0) is 18.1. The Balaban J connectivity index is 2.12. The molecule has 2 aromatic rings. The SMILES string of the molecule is COC(=O)c1c(N)c(C#N)cn1-c1cccc(N2N=C(C)CC2=O)c1. The second kappa shape index (κ2) is 6.13. The molecule has 1 aromatic carbocycles. The van der Waals surface area contributed by atoms with E-state index in [1.165, 1.54) is 22.9 Å². The summed E-state index contributed by atoms with van der Waals surface area (Å²) in [6.07, 6.45) is 1.73. The number of amides is 1. The molecule has 0 saturated heterocycles. The third-order valence-electron chi connectivity index (χ3n) is 3.81. The highest BCUT2D eigenvalue weighted by Gasteiger charge is 2.25. The van der Waals surface area contributed by atoms with Gasteiger partial charge in [-0.25, -0.2) is 9.80 Å². The highest BCUT2D eigenvalue weighted by molar-refractivity contribution is 6.12. The topological polar surface area (TPSA) is 114 Å². The summed E-state index contributed by atoms with van der Waals surface area (Å²) >= 11 is 0. The molecular formula is C17H15N5O3. The zero-order valence-corrected chi connectivity index (χ0v) is 13.7. The standard InChI is InChI=1S/C17H15N5O3/c1-10-6-14(23)22(20-10)13-5-3-4-12(7-13)21-9-11(8-18)15(19)16(21)17(24)25-2/h3-5,7,9H,6,19H2,1-2H3. The van der Waals surface area contributed by atoms with Crippen LogP contribution in [0.4, 0.5) is 11.4 Å². The minimum atomic E-state index is -0.657. The number of hydrogen-bond acceptors (Lipinski definition) is 6. The van der Waals surface area contributed by atoms with Crippen LogP contribution < -0.4 is 10.7 Å². The van der Waals surface area contributed by atoms with Crippen LogP contribution in [0, 0.1) is 11.3 Å². The Hall–Kier alpha value is -3.60. The Morgan fingerprint density at radius 1 is 1.40 bits per heavy atom. The molecule has 0 aliphatic carbocycles. The number of benzene rings is 1. The molecule has 1 aromatic heterocycles. The van der Waals surface area contributed by atoms with Gasteiger partial charge in [0.15, 0.2) is 5.69 Å². The number of esters is 1. The number of nitrogens with two attached hydrogens (primary N) is 1. The lowest BCUT2D eigenvalue weighted by atomic mass is 10.2. The van der Waals surface area contributed by atoms with Crippen molar-refractivity contribution in [1.82, 2.24) is 4.57 Å². The van der Waals surface area contributed by atoms with E-state index >= 15 is 0 Å². The van der Waals surface area contributed by atoms with Crippen LogP contribution in [0.3, 0.4) is 0 Å². The summed E-state index contributed by atoms with van der Waals surface area (Å²) in [5.41, 5.74) is 8.00.